The number of unbranched alkanes of at least 4 members (excludes halogenated alkanes) is 1. The van der Waals surface area contributed by atoms with Crippen molar-refractivity contribution in [2.75, 3.05) is 32.8 Å². The number of carbonyl (C=O) groups is 1. The number of hydrogen-bond acceptors (Lipinski definition) is 4. The van der Waals surface area contributed by atoms with Crippen LogP contribution in [-0.4, -0.2) is 49.2 Å². The minimum absolute atomic E-state index is 0.103. The molecule has 0 aliphatic carbocycles. The molecule has 0 aromatic rings. The largest absolute Gasteiger partial charge is 0.465 e. The van der Waals surface area contributed by atoms with E-state index in [1.165, 1.54) is 19.5 Å². The Balaban J connectivity index is 2.33. The molecule has 1 N–H and O–H groups in total. The van der Waals surface area contributed by atoms with E-state index in [9.17, 15) is 4.79 Å². The molecule has 0 amide bonds. The average molecular weight is 298 g/mol. The molecule has 0 aromatic carbocycles. The maximum Gasteiger partial charge on any atom is 0.326 e. The fourth-order valence-corrected chi connectivity index (χ4v) is 3.00. The van der Waals surface area contributed by atoms with Gasteiger partial charge < -0.3 is 15.0 Å². The van der Waals surface area contributed by atoms with Gasteiger partial charge in [-0.15, -0.1) is 0 Å². The molecular formula is C17H34N2O2. The summed E-state index contributed by atoms with van der Waals surface area (Å²) in [5.74, 6) is 0.745. The number of ether oxygens (including phenoxy) is 1. The van der Waals surface area contributed by atoms with Crippen LogP contribution in [0.4, 0.5) is 0 Å². The Kier molecular flexibility index (Phi) is 8.27. The maximum absolute atomic E-state index is 12.2. The SMILES string of the molecule is CCCNC(C)(CCCCN1CCC(C)C1)C(=O)OCC. The minimum Gasteiger partial charge on any atom is -0.465 e. The topological polar surface area (TPSA) is 41.6 Å². The number of rotatable bonds is 10. The molecule has 4 nitrogen and oxygen atoms in total. The zero-order chi connectivity index (χ0) is 15.7. The fraction of sp³-hybridized carbons (Fsp3) is 0.941. The summed E-state index contributed by atoms with van der Waals surface area (Å²) in [6.07, 6.45) is 5.45. The van der Waals surface area contributed by atoms with Gasteiger partial charge >= 0.3 is 5.97 Å². The number of hydrogen-bond donors (Lipinski definition) is 1. The van der Waals surface area contributed by atoms with Crippen LogP contribution < -0.4 is 5.32 Å². The molecule has 4 heteroatoms. The molecule has 1 fully saturated rings. The van der Waals surface area contributed by atoms with Crippen LogP contribution in [0.5, 0.6) is 0 Å². The van der Waals surface area contributed by atoms with Crippen molar-refractivity contribution < 1.29 is 9.53 Å². The predicted molar refractivity (Wildman–Crippen MR) is 87.4 cm³/mol. The van der Waals surface area contributed by atoms with Gasteiger partial charge in [-0.05, 0) is 71.5 Å². The third kappa shape index (κ3) is 6.35. The molecular weight excluding hydrogens is 264 g/mol. The van der Waals surface area contributed by atoms with Crippen molar-refractivity contribution in [2.24, 2.45) is 5.92 Å². The van der Waals surface area contributed by atoms with Gasteiger partial charge in [-0.1, -0.05) is 13.8 Å². The van der Waals surface area contributed by atoms with Crippen molar-refractivity contribution in [1.82, 2.24) is 10.2 Å². The Hall–Kier alpha value is -0.610. The Morgan fingerprint density at radius 1 is 1.38 bits per heavy atom. The molecule has 0 aromatic heterocycles. The summed E-state index contributed by atoms with van der Waals surface area (Å²) in [5.41, 5.74) is -0.523. The van der Waals surface area contributed by atoms with Gasteiger partial charge in [0.15, 0.2) is 0 Å². The van der Waals surface area contributed by atoms with Crippen molar-refractivity contribution in [3.05, 3.63) is 0 Å². The second kappa shape index (κ2) is 9.42. The zero-order valence-electron chi connectivity index (χ0n) is 14.4. The number of nitrogens with zero attached hydrogens (tertiary/aromatic N) is 1. The van der Waals surface area contributed by atoms with E-state index in [-0.39, 0.29) is 5.97 Å². The van der Waals surface area contributed by atoms with E-state index in [2.05, 4.69) is 24.1 Å². The van der Waals surface area contributed by atoms with Gasteiger partial charge in [0.1, 0.15) is 5.54 Å². The van der Waals surface area contributed by atoms with Crippen LogP contribution in [0.25, 0.3) is 0 Å². The smallest absolute Gasteiger partial charge is 0.326 e. The lowest BCUT2D eigenvalue weighted by molar-refractivity contribution is -0.150. The molecule has 0 radical (unpaired) electrons. The highest BCUT2D eigenvalue weighted by Crippen LogP contribution is 2.19. The van der Waals surface area contributed by atoms with Crippen LogP contribution >= 0.6 is 0 Å². The summed E-state index contributed by atoms with van der Waals surface area (Å²) in [5, 5.41) is 3.38. The summed E-state index contributed by atoms with van der Waals surface area (Å²) >= 11 is 0. The highest BCUT2D eigenvalue weighted by Gasteiger charge is 2.33. The Morgan fingerprint density at radius 2 is 2.14 bits per heavy atom. The summed E-state index contributed by atoms with van der Waals surface area (Å²) < 4.78 is 5.24. The second-order valence-electron chi connectivity index (χ2n) is 6.63. The van der Waals surface area contributed by atoms with Crippen LogP contribution in [0.3, 0.4) is 0 Å². The highest BCUT2D eigenvalue weighted by molar-refractivity contribution is 5.80. The van der Waals surface area contributed by atoms with E-state index in [1.54, 1.807) is 0 Å². The number of nitrogens with one attached hydrogen (secondary N) is 1. The molecule has 2 atom stereocenters. The molecule has 1 saturated heterocycles. The third-order valence-corrected chi connectivity index (χ3v) is 4.40. The molecule has 0 bridgehead atoms. The first-order valence-corrected chi connectivity index (χ1v) is 8.66. The van der Waals surface area contributed by atoms with Crippen molar-refractivity contribution >= 4 is 5.97 Å². The summed E-state index contributed by atoms with van der Waals surface area (Å²) in [6, 6.07) is 0. The van der Waals surface area contributed by atoms with Crippen LogP contribution in [0.1, 0.15) is 59.8 Å². The van der Waals surface area contributed by atoms with Gasteiger partial charge in [0.25, 0.3) is 0 Å². The van der Waals surface area contributed by atoms with Gasteiger partial charge in [-0.2, -0.15) is 0 Å². The van der Waals surface area contributed by atoms with Gasteiger partial charge in [-0.3, -0.25) is 4.79 Å². The molecule has 1 aliphatic heterocycles. The Morgan fingerprint density at radius 3 is 2.71 bits per heavy atom. The van der Waals surface area contributed by atoms with Crippen LogP contribution in [0, 0.1) is 5.92 Å². The minimum atomic E-state index is -0.523. The molecule has 1 rings (SSSR count). The van der Waals surface area contributed by atoms with Crippen LogP contribution in [-0.2, 0) is 9.53 Å². The van der Waals surface area contributed by atoms with Crippen LogP contribution in [0.15, 0.2) is 0 Å². The molecule has 0 saturated carbocycles. The number of esters is 1. The quantitative estimate of drug-likeness (QED) is 0.497. The average Bonchev–Trinajstić information content (AvgIpc) is 2.87. The van der Waals surface area contributed by atoms with Crippen molar-refractivity contribution in [3.8, 4) is 0 Å². The van der Waals surface area contributed by atoms with Crippen molar-refractivity contribution in [1.29, 1.82) is 0 Å². The molecule has 2 unspecified atom stereocenters. The van der Waals surface area contributed by atoms with E-state index < -0.39 is 5.54 Å². The van der Waals surface area contributed by atoms with E-state index in [1.807, 2.05) is 13.8 Å². The molecule has 1 aliphatic rings. The maximum atomic E-state index is 12.2. The van der Waals surface area contributed by atoms with E-state index in [0.29, 0.717) is 6.61 Å². The van der Waals surface area contributed by atoms with Gasteiger partial charge in [0.05, 0.1) is 6.61 Å². The number of carbonyl (C=O) groups excluding carboxylic acids is 1. The summed E-state index contributed by atoms with van der Waals surface area (Å²) in [6.45, 7) is 13.3. The predicted octanol–water partition coefficient (Wildman–Crippen LogP) is 2.82. The Labute approximate surface area is 130 Å². The third-order valence-electron chi connectivity index (χ3n) is 4.40. The molecule has 1 heterocycles. The lowest BCUT2D eigenvalue weighted by Gasteiger charge is -2.29. The fourth-order valence-electron chi connectivity index (χ4n) is 3.00. The lowest BCUT2D eigenvalue weighted by Crippen LogP contribution is -2.50. The number of likely N-dealkylation sites (tertiary alicyclic amines) is 1. The standard InChI is InChI=1S/C17H34N2O2/c1-5-11-18-17(4,16(20)21-6-2)10-7-8-12-19-13-9-15(3)14-19/h15,18H,5-14H2,1-4H3. The highest BCUT2D eigenvalue weighted by atomic mass is 16.5. The summed E-state index contributed by atoms with van der Waals surface area (Å²) in [7, 11) is 0. The second-order valence-corrected chi connectivity index (χ2v) is 6.63. The van der Waals surface area contributed by atoms with Gasteiger partial charge in [0.2, 0.25) is 0 Å². The van der Waals surface area contributed by atoms with Crippen molar-refractivity contribution in [2.45, 2.75) is 65.3 Å². The first kappa shape index (κ1) is 18.4. The first-order valence-electron chi connectivity index (χ1n) is 8.66. The monoisotopic (exact) mass is 298 g/mol. The van der Waals surface area contributed by atoms with Gasteiger partial charge in [0, 0.05) is 6.54 Å². The van der Waals surface area contributed by atoms with E-state index >= 15 is 0 Å². The Bertz CT molecular complexity index is 309. The lowest BCUT2D eigenvalue weighted by atomic mass is 9.94. The van der Waals surface area contributed by atoms with Crippen molar-refractivity contribution in [3.63, 3.8) is 0 Å². The van der Waals surface area contributed by atoms with E-state index in [0.717, 1.165) is 44.7 Å². The van der Waals surface area contributed by atoms with Crippen LogP contribution in [0.2, 0.25) is 0 Å². The van der Waals surface area contributed by atoms with Gasteiger partial charge in [-0.25, -0.2) is 0 Å². The normalized spacial score (nSPS) is 22.2. The molecule has 21 heavy (non-hydrogen) atoms. The van der Waals surface area contributed by atoms with E-state index in [4.69, 9.17) is 4.74 Å². The molecule has 124 valence electrons. The first-order chi connectivity index (χ1) is 10.0. The molecule has 0 spiro atoms. The zero-order valence-corrected chi connectivity index (χ0v) is 14.4. The summed E-state index contributed by atoms with van der Waals surface area (Å²) in [4.78, 5) is 14.7.